The number of methoxy groups -OCH3 is 1. The Hall–Kier alpha value is -4.82. The number of hydrogen-bond acceptors (Lipinski definition) is 12. The minimum atomic E-state index is -4.64. The first-order chi connectivity index (χ1) is 24.7. The lowest BCUT2D eigenvalue weighted by Gasteiger charge is -2.49. The Morgan fingerprint density at radius 3 is 2.45 bits per heavy atom. The average molecular weight is 717 g/mol. The number of fused-ring (bicyclic) bond motifs is 1. The van der Waals surface area contributed by atoms with E-state index in [2.05, 4.69) is 31.2 Å². The van der Waals surface area contributed by atoms with E-state index in [1.165, 1.54) is 49.8 Å². The predicted octanol–water partition coefficient (Wildman–Crippen LogP) is 1.93. The number of piperidine rings is 1. The standard InChI is InChI=1S/C35H40N8O7S/c1-3-50-32-28(5-4-12-37-32)35(39-34(45)42-22-26(23-42)40-13-10-25(11-14-40)41-15-17-49-18-16-41)29-19-24(20-36)6-8-30(29)43(33(35)44)51(46,47)31-9-7-27(48-2)21-38-31/h4-9,12,19,21,25-26H,3,10-11,13-18,22-23H2,1-2H3,(H,39,45)/t35-/m1/s1. The van der Waals surface area contributed by atoms with Gasteiger partial charge in [0.2, 0.25) is 5.88 Å². The maximum absolute atomic E-state index is 15.0. The summed E-state index contributed by atoms with van der Waals surface area (Å²) in [7, 11) is -3.22. The van der Waals surface area contributed by atoms with Crippen molar-refractivity contribution in [2.24, 2.45) is 0 Å². The Bertz CT molecular complexity index is 1940. The van der Waals surface area contributed by atoms with Gasteiger partial charge in [-0.1, -0.05) is 0 Å². The molecule has 2 aromatic heterocycles. The van der Waals surface area contributed by atoms with E-state index in [0.29, 0.717) is 29.2 Å². The van der Waals surface area contributed by atoms with Crippen LogP contribution in [0.1, 0.15) is 36.5 Å². The molecule has 51 heavy (non-hydrogen) atoms. The fourth-order valence-electron chi connectivity index (χ4n) is 7.46. The van der Waals surface area contributed by atoms with E-state index in [1.807, 2.05) is 0 Å². The number of nitrogens with zero attached hydrogens (tertiary/aromatic N) is 7. The highest BCUT2D eigenvalue weighted by Crippen LogP contribution is 2.49. The number of nitrogens with one attached hydrogen (secondary N) is 1. The fourth-order valence-corrected chi connectivity index (χ4v) is 8.85. The normalized spacial score (nSPS) is 21.9. The highest BCUT2D eigenvalue weighted by Gasteiger charge is 2.59. The second-order valence-corrected chi connectivity index (χ2v) is 14.6. The molecule has 1 aromatic carbocycles. The number of likely N-dealkylation sites (tertiary alicyclic amines) is 2. The van der Waals surface area contributed by atoms with E-state index in [0.717, 1.165) is 52.2 Å². The molecule has 16 heteroatoms. The molecule has 0 radical (unpaired) electrons. The number of amides is 3. The van der Waals surface area contributed by atoms with E-state index in [-0.39, 0.29) is 40.9 Å². The Morgan fingerprint density at radius 2 is 1.78 bits per heavy atom. The number of pyridine rings is 2. The van der Waals surface area contributed by atoms with Crippen molar-refractivity contribution in [1.29, 1.82) is 5.26 Å². The summed E-state index contributed by atoms with van der Waals surface area (Å²) in [6.07, 6.45) is 4.82. The van der Waals surface area contributed by atoms with Gasteiger partial charge in [0.25, 0.3) is 15.9 Å². The number of urea groups is 1. The summed E-state index contributed by atoms with van der Waals surface area (Å²) in [6.45, 7) is 8.11. The second-order valence-electron chi connectivity index (χ2n) is 12.9. The van der Waals surface area contributed by atoms with E-state index in [9.17, 15) is 23.3 Å². The summed E-state index contributed by atoms with van der Waals surface area (Å²) < 4.78 is 45.7. The van der Waals surface area contributed by atoms with Crippen LogP contribution in [0.5, 0.6) is 11.6 Å². The van der Waals surface area contributed by atoms with Crippen molar-refractivity contribution < 1.29 is 32.2 Å². The molecular formula is C35H40N8O7S. The number of carbonyl (C=O) groups excluding carboxylic acids is 2. The van der Waals surface area contributed by atoms with Crippen molar-refractivity contribution in [2.45, 2.75) is 42.4 Å². The van der Waals surface area contributed by atoms with Gasteiger partial charge < -0.3 is 24.4 Å². The van der Waals surface area contributed by atoms with Crippen molar-refractivity contribution in [2.75, 3.05) is 70.5 Å². The van der Waals surface area contributed by atoms with Gasteiger partial charge in [0.1, 0.15) is 5.75 Å². The van der Waals surface area contributed by atoms with Crippen LogP contribution in [-0.2, 0) is 25.1 Å². The third kappa shape index (κ3) is 6.13. The van der Waals surface area contributed by atoms with Crippen LogP contribution in [-0.4, -0.2) is 123 Å². The zero-order valence-electron chi connectivity index (χ0n) is 28.5. The number of carbonyl (C=O) groups is 2. The molecule has 3 amide bonds. The van der Waals surface area contributed by atoms with Gasteiger partial charge in [0.15, 0.2) is 10.6 Å². The summed E-state index contributed by atoms with van der Waals surface area (Å²) in [4.78, 5) is 44.2. The van der Waals surface area contributed by atoms with Crippen LogP contribution in [0, 0.1) is 11.3 Å². The molecule has 0 unspecified atom stereocenters. The van der Waals surface area contributed by atoms with Crippen molar-refractivity contribution in [3.05, 3.63) is 71.5 Å². The highest BCUT2D eigenvalue weighted by molar-refractivity contribution is 7.93. The van der Waals surface area contributed by atoms with Gasteiger partial charge in [-0.25, -0.2) is 14.8 Å². The first-order valence-electron chi connectivity index (χ1n) is 17.1. The van der Waals surface area contributed by atoms with Crippen LogP contribution in [0.2, 0.25) is 0 Å². The third-order valence-corrected chi connectivity index (χ3v) is 11.8. The smallest absolute Gasteiger partial charge is 0.318 e. The molecule has 4 aliphatic heterocycles. The molecular weight excluding hydrogens is 677 g/mol. The maximum atomic E-state index is 15.0. The van der Waals surface area contributed by atoms with Crippen molar-refractivity contribution in [3.8, 4) is 17.7 Å². The zero-order valence-corrected chi connectivity index (χ0v) is 29.3. The lowest BCUT2D eigenvalue weighted by Crippen LogP contribution is -2.67. The number of benzene rings is 1. The van der Waals surface area contributed by atoms with Gasteiger partial charge in [-0.3, -0.25) is 14.6 Å². The number of nitriles is 1. The molecule has 1 N–H and O–H groups in total. The number of anilines is 1. The third-order valence-electron chi connectivity index (χ3n) is 10.2. The van der Waals surface area contributed by atoms with Crippen LogP contribution < -0.4 is 19.1 Å². The molecule has 0 saturated carbocycles. The monoisotopic (exact) mass is 716 g/mol. The minimum absolute atomic E-state index is 0.0344. The van der Waals surface area contributed by atoms with E-state index >= 15 is 0 Å². The molecule has 4 aliphatic rings. The summed E-state index contributed by atoms with van der Waals surface area (Å²) in [5, 5.41) is 12.4. The fraction of sp³-hybridized carbons (Fsp3) is 0.457. The molecule has 0 bridgehead atoms. The first kappa shape index (κ1) is 34.6. The molecule has 268 valence electrons. The molecule has 3 fully saturated rings. The van der Waals surface area contributed by atoms with Gasteiger partial charge in [-0.15, -0.1) is 0 Å². The summed E-state index contributed by atoms with van der Waals surface area (Å²) >= 11 is 0. The van der Waals surface area contributed by atoms with Gasteiger partial charge in [0, 0.05) is 63.1 Å². The molecule has 6 heterocycles. The van der Waals surface area contributed by atoms with E-state index < -0.39 is 32.5 Å². The van der Waals surface area contributed by atoms with Gasteiger partial charge >= 0.3 is 6.03 Å². The number of aromatic nitrogens is 2. The topological polar surface area (TPSA) is 171 Å². The predicted molar refractivity (Wildman–Crippen MR) is 184 cm³/mol. The van der Waals surface area contributed by atoms with Crippen molar-refractivity contribution >= 4 is 27.6 Å². The van der Waals surface area contributed by atoms with Gasteiger partial charge in [0.05, 0.1) is 56.0 Å². The van der Waals surface area contributed by atoms with Gasteiger partial charge in [-0.05, 0) is 62.2 Å². The average Bonchev–Trinajstić information content (AvgIpc) is 3.39. The Morgan fingerprint density at radius 1 is 1.04 bits per heavy atom. The summed E-state index contributed by atoms with van der Waals surface area (Å²) in [6, 6.07) is 12.2. The van der Waals surface area contributed by atoms with Gasteiger partial charge in [-0.2, -0.15) is 18.0 Å². The molecule has 3 saturated heterocycles. The quantitative estimate of drug-likeness (QED) is 0.342. The molecule has 0 spiro atoms. The molecule has 7 rings (SSSR count). The Labute approximate surface area is 296 Å². The summed E-state index contributed by atoms with van der Waals surface area (Å²) in [5.74, 6) is -0.628. The molecule has 3 aromatic rings. The summed E-state index contributed by atoms with van der Waals surface area (Å²) in [5.41, 5.74) is -1.78. The SMILES string of the molecule is CCOc1ncccc1[C@]1(NC(=O)N2CC(N3CCC(N4CCOCC4)CC3)C2)C(=O)N(S(=O)(=O)c2ccc(OC)cn2)c2ccc(C#N)cc21. The first-order valence-corrected chi connectivity index (χ1v) is 18.5. The van der Waals surface area contributed by atoms with Crippen LogP contribution in [0.25, 0.3) is 0 Å². The molecule has 15 nitrogen and oxygen atoms in total. The van der Waals surface area contributed by atoms with E-state index in [1.54, 1.807) is 24.0 Å². The van der Waals surface area contributed by atoms with Crippen LogP contribution in [0.15, 0.2) is 59.9 Å². The minimum Gasteiger partial charge on any atom is -0.495 e. The largest absolute Gasteiger partial charge is 0.495 e. The number of ether oxygens (including phenoxy) is 3. The lowest BCUT2D eigenvalue weighted by molar-refractivity contribution is -0.121. The second kappa shape index (κ2) is 14.1. The van der Waals surface area contributed by atoms with Crippen LogP contribution in [0.3, 0.4) is 0 Å². The zero-order chi connectivity index (χ0) is 35.8. The highest BCUT2D eigenvalue weighted by atomic mass is 32.2. The number of morpholine rings is 1. The molecule has 0 aliphatic carbocycles. The molecule has 1 atom stereocenters. The van der Waals surface area contributed by atoms with Crippen LogP contribution >= 0.6 is 0 Å². The maximum Gasteiger partial charge on any atom is 0.318 e. The number of sulfonamides is 1. The van der Waals surface area contributed by atoms with Crippen molar-refractivity contribution in [3.63, 3.8) is 0 Å². The lowest BCUT2D eigenvalue weighted by atomic mass is 9.83. The number of hydrogen-bond donors (Lipinski definition) is 1. The van der Waals surface area contributed by atoms with Crippen LogP contribution in [0.4, 0.5) is 10.5 Å². The number of rotatable bonds is 9. The van der Waals surface area contributed by atoms with Crippen molar-refractivity contribution in [1.82, 2.24) is 30.0 Å². The Kier molecular flexibility index (Phi) is 9.55. The van der Waals surface area contributed by atoms with E-state index in [4.69, 9.17) is 14.2 Å². The Balaban J connectivity index is 1.21.